The third-order valence-electron chi connectivity index (χ3n) is 20.6. The van der Waals surface area contributed by atoms with E-state index in [1.807, 2.05) is 0 Å². The molecule has 0 aliphatic carbocycles. The molecule has 122 heavy (non-hydrogen) atoms. The molecule has 678 valence electrons. The molecule has 0 radical (unpaired) electrons. The Bertz CT molecular complexity index is 3910. The first-order valence-corrected chi connectivity index (χ1v) is 42.2. The standard InChI is InChI=1S/C82H129N19O21/c1-4-6-8-9-10-11-12-13-17-35-67(106)87-42-38-69(108)101(80(120)60(32-21-23-40-84)96-76(116)63(48-102)91-51(3)105)66(50-104)78(118)95-56(29-7-5-2)72(112)94-58(36-37-70(109)110)74(114)99-64(49-103)77(117)97-61(44-52-26-15-14-16-27-52)75(115)93-57(33-24-41-88-82(85)86)73(113)98-62(45-53-46-89-55-30-19-18-28-54(53)55)71(111)90-47-68(107)92-59(31-20-22-39-83)79(119)100-43-25-34-65(100)81(121)122/h14-16,18-19,26-28,30,46,56-66,89,102-104H,4-13,17,20-25,29,31-45,47-50,83-84H2,1-3H3,(H,87,106)(H,90,111)(H,91,105)(H,92,107)(H,93,115)(H,94,112)(H,95,118)(H,96,116)(H,97,117)(H,98,113)(H,99,114)(H,109,110)(H,121,122)(H4,85,86,88)/t56-,57-,58-,59-,60-,61+,62-,63-,64-,65-,66-/m0/s1. The third-order valence-corrected chi connectivity index (χ3v) is 20.6. The number of carbonyl (C=O) groups is 16. The molecule has 4 rings (SSSR count). The Morgan fingerprint density at radius 2 is 1.00 bits per heavy atom. The van der Waals surface area contributed by atoms with Crippen LogP contribution in [0.15, 0.2) is 60.8 Å². The number of nitrogens with two attached hydrogens (primary N) is 3. The largest absolute Gasteiger partial charge is 0.481 e. The van der Waals surface area contributed by atoms with Crippen molar-refractivity contribution in [2.24, 2.45) is 17.2 Å². The smallest absolute Gasteiger partial charge is 0.326 e. The van der Waals surface area contributed by atoms with Crippen LogP contribution >= 0.6 is 0 Å². The summed E-state index contributed by atoms with van der Waals surface area (Å²) in [5.74, 6) is -17.2. The Kier molecular flexibility index (Phi) is 48.3. The van der Waals surface area contributed by atoms with Crippen molar-refractivity contribution in [1.82, 2.24) is 78.6 Å². The molecular weight excluding hydrogens is 1590 g/mol. The minimum Gasteiger partial charge on any atom is -0.481 e. The summed E-state index contributed by atoms with van der Waals surface area (Å²) in [4.78, 5) is 228. The van der Waals surface area contributed by atoms with Gasteiger partial charge in [0.2, 0.25) is 76.8 Å². The number of imide groups is 1. The van der Waals surface area contributed by atoms with Gasteiger partial charge in [0, 0.05) is 75.8 Å². The summed E-state index contributed by atoms with van der Waals surface area (Å²) in [5.41, 5.74) is 18.7. The highest BCUT2D eigenvalue weighted by Crippen LogP contribution is 2.23. The Hall–Kier alpha value is -11.2. The number of aliphatic hydroxyl groups excluding tert-OH is 3. The zero-order valence-corrected chi connectivity index (χ0v) is 70.2. The van der Waals surface area contributed by atoms with Gasteiger partial charge in [0.05, 0.1) is 26.4 Å². The van der Waals surface area contributed by atoms with Gasteiger partial charge in [-0.3, -0.25) is 82.2 Å². The summed E-state index contributed by atoms with van der Waals surface area (Å²) in [5, 5.41) is 90.2. The fourth-order valence-electron chi connectivity index (χ4n) is 13.9. The minimum atomic E-state index is -2.19. The average molecular weight is 1720 g/mol. The quantitative estimate of drug-likeness (QED) is 0.0169. The zero-order chi connectivity index (χ0) is 90.1. The van der Waals surface area contributed by atoms with Crippen molar-refractivity contribution in [2.45, 2.75) is 267 Å². The van der Waals surface area contributed by atoms with Gasteiger partial charge < -0.3 is 116 Å². The van der Waals surface area contributed by atoms with E-state index in [0.29, 0.717) is 59.0 Å². The molecule has 2 aromatic carbocycles. The number of guanidine groups is 1. The van der Waals surface area contributed by atoms with Crippen LogP contribution in [0.5, 0.6) is 0 Å². The number of hydrogen-bond donors (Lipinski definition) is 22. The van der Waals surface area contributed by atoms with E-state index in [1.165, 1.54) is 4.90 Å². The number of fused-ring (bicyclic) bond motifs is 1. The number of unbranched alkanes of at least 4 members (excludes halogenated alkanes) is 11. The molecule has 0 bridgehead atoms. The van der Waals surface area contributed by atoms with E-state index in [9.17, 15) is 102 Å². The van der Waals surface area contributed by atoms with Gasteiger partial charge in [0.25, 0.3) is 5.91 Å². The summed E-state index contributed by atoms with van der Waals surface area (Å²) in [6.45, 7) is 0.851. The maximum atomic E-state index is 15.0. The molecule has 11 atom stereocenters. The molecule has 1 fully saturated rings. The van der Waals surface area contributed by atoms with Gasteiger partial charge in [-0.2, -0.15) is 0 Å². The number of aliphatic carboxylic acids is 2. The number of carboxylic acid groups (broad SMARTS) is 2. The van der Waals surface area contributed by atoms with E-state index < -0.39 is 213 Å². The first-order chi connectivity index (χ1) is 58.4. The lowest BCUT2D eigenvalue weighted by Crippen LogP contribution is -2.63. The van der Waals surface area contributed by atoms with E-state index in [2.05, 4.69) is 75.7 Å². The number of carboxylic acids is 2. The molecule has 1 saturated heterocycles. The second-order valence-corrected chi connectivity index (χ2v) is 30.3. The van der Waals surface area contributed by atoms with Crippen LogP contribution in [0.3, 0.4) is 0 Å². The second kappa shape index (κ2) is 57.1. The highest BCUT2D eigenvalue weighted by atomic mass is 16.4. The summed E-state index contributed by atoms with van der Waals surface area (Å²) < 4.78 is 0. The number of nitrogens with zero attached hydrogens (tertiary/aromatic N) is 2. The number of benzene rings is 2. The number of likely N-dealkylation sites (tertiary alicyclic amines) is 1. The van der Waals surface area contributed by atoms with Crippen LogP contribution in [0.25, 0.3) is 10.9 Å². The van der Waals surface area contributed by atoms with Gasteiger partial charge in [-0.05, 0) is 114 Å². The Labute approximate surface area is 710 Å². The Balaban J connectivity index is 1.66. The van der Waals surface area contributed by atoms with E-state index >= 15 is 0 Å². The molecule has 0 unspecified atom stereocenters. The molecule has 14 amide bonds. The van der Waals surface area contributed by atoms with Crippen LogP contribution in [0.2, 0.25) is 0 Å². The van der Waals surface area contributed by atoms with Crippen molar-refractivity contribution in [3.05, 3.63) is 71.9 Å². The lowest BCUT2D eigenvalue weighted by Gasteiger charge is -2.33. The molecule has 2 heterocycles. The van der Waals surface area contributed by atoms with Gasteiger partial charge in [-0.1, -0.05) is 127 Å². The number of carbonyl (C=O) groups excluding carboxylic acids is 14. The van der Waals surface area contributed by atoms with Crippen LogP contribution in [-0.2, 0) is 89.6 Å². The van der Waals surface area contributed by atoms with E-state index in [1.54, 1.807) is 67.7 Å². The summed E-state index contributed by atoms with van der Waals surface area (Å²) in [6.07, 6.45) is 9.68. The fraction of sp³-hybridized carbons (Fsp3) is 0.622. The number of aromatic nitrogens is 1. The lowest BCUT2D eigenvalue weighted by atomic mass is 10.0. The molecule has 40 heteroatoms. The van der Waals surface area contributed by atoms with Crippen LogP contribution in [-0.4, -0.2) is 266 Å². The predicted octanol–water partition coefficient (Wildman–Crippen LogP) is -1.77. The maximum Gasteiger partial charge on any atom is 0.326 e. The van der Waals surface area contributed by atoms with Crippen molar-refractivity contribution in [3.63, 3.8) is 0 Å². The summed E-state index contributed by atoms with van der Waals surface area (Å²) in [7, 11) is 0. The van der Waals surface area contributed by atoms with Crippen LogP contribution in [0.1, 0.15) is 199 Å². The molecule has 0 saturated carbocycles. The number of H-pyrrole nitrogens is 1. The molecular formula is C82H129N19O21. The molecule has 40 nitrogen and oxygen atoms in total. The van der Waals surface area contributed by atoms with E-state index in [0.717, 1.165) is 58.3 Å². The van der Waals surface area contributed by atoms with Crippen LogP contribution in [0.4, 0.5) is 0 Å². The molecule has 3 aromatic rings. The normalized spacial score (nSPS) is 14.8. The number of nitrogens with one attached hydrogen (secondary N) is 14. The topological polar surface area (TPSA) is 643 Å². The van der Waals surface area contributed by atoms with E-state index in [-0.39, 0.29) is 110 Å². The van der Waals surface area contributed by atoms with Gasteiger partial charge in [0.15, 0.2) is 5.96 Å². The number of hydrogen-bond acceptors (Lipinski definition) is 22. The number of amides is 14. The third kappa shape index (κ3) is 37.0. The average Bonchev–Trinajstić information content (AvgIpc) is 1.26. The minimum absolute atomic E-state index is 0.0210. The van der Waals surface area contributed by atoms with Gasteiger partial charge >= 0.3 is 11.9 Å². The highest BCUT2D eigenvalue weighted by Gasteiger charge is 2.42. The maximum absolute atomic E-state index is 15.0. The highest BCUT2D eigenvalue weighted by molar-refractivity contribution is 6.05. The SMILES string of the molecule is CCCCCCCCCCCC(=O)NCCC(=O)N(C(=O)[C@H](CCCCN)NC(=O)[C@H](CO)NC(C)=O)[C@@H](CO)C(=O)N[C@@H](CCCC)C(=O)N[C@@H](CCC(=O)O)C(=O)N[C@@H](CO)C(=O)N[C@H](Cc1ccccc1)C(=O)N[C@@H](CCCNC(=N)N)C(=O)N[C@@H](Cc1c[nH]c2ccccc12)C(=O)NCC(=O)N[C@@H](CCCCN)C(=O)N1CCC[C@H]1C(=O)O. The second-order valence-electron chi connectivity index (χ2n) is 30.3. The van der Waals surface area contributed by atoms with Gasteiger partial charge in [0.1, 0.15) is 66.5 Å². The van der Waals surface area contributed by atoms with Crippen molar-refractivity contribution < 1.29 is 102 Å². The summed E-state index contributed by atoms with van der Waals surface area (Å²) >= 11 is 0. The van der Waals surface area contributed by atoms with Crippen LogP contribution < -0.4 is 81.0 Å². The van der Waals surface area contributed by atoms with Crippen molar-refractivity contribution in [1.29, 1.82) is 5.41 Å². The molecule has 0 spiro atoms. The van der Waals surface area contributed by atoms with Crippen molar-refractivity contribution >= 4 is 112 Å². The number of aliphatic hydroxyl groups is 3. The van der Waals surface area contributed by atoms with Gasteiger partial charge in [-0.25, -0.2) is 4.79 Å². The van der Waals surface area contributed by atoms with Crippen LogP contribution in [0, 0.1) is 5.41 Å². The molecule has 1 aliphatic heterocycles. The number of aromatic amines is 1. The Morgan fingerprint density at radius 3 is 1.57 bits per heavy atom. The zero-order valence-electron chi connectivity index (χ0n) is 70.2. The lowest BCUT2D eigenvalue weighted by molar-refractivity contribution is -0.156. The van der Waals surface area contributed by atoms with Crippen molar-refractivity contribution in [3.8, 4) is 0 Å². The number of para-hydroxylation sites is 1. The summed E-state index contributed by atoms with van der Waals surface area (Å²) in [6, 6.07) is -3.08. The Morgan fingerprint density at radius 1 is 0.492 bits per heavy atom. The molecule has 1 aromatic heterocycles. The van der Waals surface area contributed by atoms with Gasteiger partial charge in [-0.15, -0.1) is 0 Å². The fourth-order valence-corrected chi connectivity index (χ4v) is 13.9. The molecule has 1 aliphatic rings. The monoisotopic (exact) mass is 1720 g/mol. The predicted molar refractivity (Wildman–Crippen MR) is 448 cm³/mol. The number of rotatable bonds is 61. The molecule has 25 N–H and O–H groups in total. The van der Waals surface area contributed by atoms with Crippen molar-refractivity contribution in [2.75, 3.05) is 59.1 Å². The first-order valence-electron chi connectivity index (χ1n) is 42.2. The first kappa shape index (κ1) is 103. The van der Waals surface area contributed by atoms with E-state index in [4.69, 9.17) is 22.6 Å².